The molecule has 29 heavy (non-hydrogen) atoms. The van der Waals surface area contributed by atoms with Gasteiger partial charge in [-0.3, -0.25) is 4.79 Å². The third-order valence-electron chi connectivity index (χ3n) is 4.10. The zero-order valence-corrected chi connectivity index (χ0v) is 16.2. The number of hydrogen-bond donors (Lipinski definition) is 2. The summed E-state index contributed by atoms with van der Waals surface area (Å²) in [7, 11) is 2.86. The minimum atomic E-state index is -0.543. The fourth-order valence-corrected chi connectivity index (χ4v) is 2.64. The summed E-state index contributed by atoms with van der Waals surface area (Å²) in [6.45, 7) is 1.97. The van der Waals surface area contributed by atoms with E-state index in [1.54, 1.807) is 37.4 Å². The van der Waals surface area contributed by atoms with Gasteiger partial charge in [-0.05, 0) is 48.9 Å². The van der Waals surface area contributed by atoms with Crippen molar-refractivity contribution in [1.82, 2.24) is 10.2 Å². The molecule has 3 aromatic rings. The second-order valence-electron chi connectivity index (χ2n) is 6.12. The zero-order chi connectivity index (χ0) is 20.8. The normalized spacial score (nSPS) is 10.2. The average molecular weight is 392 g/mol. The number of nitrogens with zero attached hydrogens (tertiary/aromatic N) is 2. The van der Waals surface area contributed by atoms with Crippen LogP contribution in [-0.2, 0) is 4.74 Å². The minimum absolute atomic E-state index is 0.103. The first-order valence-electron chi connectivity index (χ1n) is 8.76. The second-order valence-corrected chi connectivity index (χ2v) is 6.12. The van der Waals surface area contributed by atoms with Gasteiger partial charge in [-0.2, -0.15) is 0 Å². The number of hydrogen-bond acceptors (Lipinski definition) is 7. The minimum Gasteiger partial charge on any atom is -0.495 e. The van der Waals surface area contributed by atoms with Crippen LogP contribution in [0.15, 0.2) is 54.6 Å². The van der Waals surface area contributed by atoms with Crippen molar-refractivity contribution in [2.75, 3.05) is 24.9 Å². The number of esters is 1. The Labute approximate surface area is 167 Å². The Kier molecular flexibility index (Phi) is 6.03. The van der Waals surface area contributed by atoms with E-state index in [2.05, 4.69) is 20.8 Å². The van der Waals surface area contributed by atoms with E-state index in [9.17, 15) is 9.59 Å². The number of rotatable bonds is 6. The van der Waals surface area contributed by atoms with Crippen molar-refractivity contribution in [1.29, 1.82) is 0 Å². The molecule has 8 nitrogen and oxygen atoms in total. The predicted octanol–water partition coefficient (Wildman–Crippen LogP) is 3.58. The van der Waals surface area contributed by atoms with E-state index in [1.165, 1.54) is 13.2 Å². The van der Waals surface area contributed by atoms with Crippen LogP contribution in [0.5, 0.6) is 5.75 Å². The fourth-order valence-electron chi connectivity index (χ4n) is 2.64. The lowest BCUT2D eigenvalue weighted by molar-refractivity contribution is 0.0602. The Morgan fingerprint density at radius 3 is 2.41 bits per heavy atom. The Morgan fingerprint density at radius 1 is 0.931 bits per heavy atom. The SMILES string of the molecule is COC(=O)c1ccccc1NC(=O)c1ccc(Nc2cc(C)ccc2OC)nn1. The van der Waals surface area contributed by atoms with E-state index in [1.807, 2.05) is 25.1 Å². The van der Waals surface area contributed by atoms with Gasteiger partial charge in [0.05, 0.1) is 31.2 Å². The molecule has 148 valence electrons. The lowest BCUT2D eigenvalue weighted by Gasteiger charge is -2.11. The number of aryl methyl sites for hydroxylation is 1. The number of ether oxygens (including phenoxy) is 2. The van der Waals surface area contributed by atoms with Crippen LogP contribution in [0.1, 0.15) is 26.4 Å². The topological polar surface area (TPSA) is 102 Å². The van der Waals surface area contributed by atoms with E-state index < -0.39 is 11.9 Å². The molecule has 2 aromatic carbocycles. The molecule has 0 radical (unpaired) electrons. The molecular weight excluding hydrogens is 372 g/mol. The molecule has 1 heterocycles. The molecular formula is C21H20N4O4. The monoisotopic (exact) mass is 392 g/mol. The molecule has 0 aliphatic carbocycles. The highest BCUT2D eigenvalue weighted by Crippen LogP contribution is 2.27. The summed E-state index contributed by atoms with van der Waals surface area (Å²) in [6.07, 6.45) is 0. The molecule has 8 heteroatoms. The van der Waals surface area contributed by atoms with Crippen LogP contribution in [0.3, 0.4) is 0 Å². The Bertz CT molecular complexity index is 1040. The first kappa shape index (κ1) is 19.8. The predicted molar refractivity (Wildman–Crippen MR) is 109 cm³/mol. The molecule has 0 aliphatic rings. The Balaban J connectivity index is 1.75. The number of nitrogens with one attached hydrogen (secondary N) is 2. The highest BCUT2D eigenvalue weighted by atomic mass is 16.5. The quantitative estimate of drug-likeness (QED) is 0.618. The van der Waals surface area contributed by atoms with E-state index in [-0.39, 0.29) is 11.3 Å². The first-order chi connectivity index (χ1) is 14.0. The highest BCUT2D eigenvalue weighted by Gasteiger charge is 2.15. The molecule has 2 N–H and O–H groups in total. The van der Waals surface area contributed by atoms with Gasteiger partial charge in [0.1, 0.15) is 5.75 Å². The molecule has 0 spiro atoms. The van der Waals surface area contributed by atoms with Crippen molar-refractivity contribution in [2.45, 2.75) is 6.92 Å². The van der Waals surface area contributed by atoms with Crippen LogP contribution in [0.2, 0.25) is 0 Å². The van der Waals surface area contributed by atoms with E-state index >= 15 is 0 Å². The van der Waals surface area contributed by atoms with Gasteiger partial charge < -0.3 is 20.1 Å². The molecule has 1 amide bonds. The average Bonchev–Trinajstić information content (AvgIpc) is 2.74. The van der Waals surface area contributed by atoms with Crippen molar-refractivity contribution in [3.8, 4) is 5.75 Å². The summed E-state index contributed by atoms with van der Waals surface area (Å²) in [4.78, 5) is 24.3. The van der Waals surface area contributed by atoms with Crippen LogP contribution in [0.25, 0.3) is 0 Å². The Morgan fingerprint density at radius 2 is 1.72 bits per heavy atom. The van der Waals surface area contributed by atoms with E-state index in [0.717, 1.165) is 11.3 Å². The van der Waals surface area contributed by atoms with Crippen molar-refractivity contribution < 1.29 is 19.1 Å². The van der Waals surface area contributed by atoms with Gasteiger partial charge in [0.25, 0.3) is 5.91 Å². The van der Waals surface area contributed by atoms with Gasteiger partial charge in [0, 0.05) is 0 Å². The van der Waals surface area contributed by atoms with Gasteiger partial charge in [0.15, 0.2) is 11.5 Å². The van der Waals surface area contributed by atoms with Crippen molar-refractivity contribution >= 4 is 29.1 Å². The molecule has 1 aromatic heterocycles. The number of amides is 1. The third kappa shape index (κ3) is 4.67. The van der Waals surface area contributed by atoms with Crippen molar-refractivity contribution in [2.24, 2.45) is 0 Å². The van der Waals surface area contributed by atoms with E-state index in [0.29, 0.717) is 17.3 Å². The zero-order valence-electron chi connectivity index (χ0n) is 16.2. The molecule has 0 saturated heterocycles. The number of aromatic nitrogens is 2. The number of para-hydroxylation sites is 1. The number of carbonyl (C=O) groups excluding carboxylic acids is 2. The molecule has 3 rings (SSSR count). The lowest BCUT2D eigenvalue weighted by atomic mass is 10.1. The third-order valence-corrected chi connectivity index (χ3v) is 4.10. The maximum Gasteiger partial charge on any atom is 0.339 e. The van der Waals surface area contributed by atoms with Crippen LogP contribution >= 0.6 is 0 Å². The van der Waals surface area contributed by atoms with Gasteiger partial charge in [-0.1, -0.05) is 18.2 Å². The molecule has 0 aliphatic heterocycles. The van der Waals surface area contributed by atoms with Crippen LogP contribution < -0.4 is 15.4 Å². The lowest BCUT2D eigenvalue weighted by Crippen LogP contribution is -2.17. The standard InChI is InChI=1S/C21H20N4O4/c1-13-8-10-18(28-2)17(12-13)22-19-11-9-16(24-25-19)20(26)23-15-7-5-4-6-14(15)21(27)29-3/h4-12H,1-3H3,(H,22,25)(H,23,26). The fraction of sp³-hybridized carbons (Fsp3) is 0.143. The summed E-state index contributed by atoms with van der Waals surface area (Å²) in [5.41, 5.74) is 2.48. The molecule has 0 fully saturated rings. The summed E-state index contributed by atoms with van der Waals surface area (Å²) in [6, 6.07) is 15.4. The van der Waals surface area contributed by atoms with Crippen molar-refractivity contribution in [3.63, 3.8) is 0 Å². The maximum atomic E-state index is 12.5. The summed E-state index contributed by atoms with van der Waals surface area (Å²) < 4.78 is 10.1. The molecule has 0 bridgehead atoms. The first-order valence-corrected chi connectivity index (χ1v) is 8.76. The van der Waals surface area contributed by atoms with Crippen molar-refractivity contribution in [3.05, 3.63) is 71.4 Å². The Hall–Kier alpha value is -3.94. The largest absolute Gasteiger partial charge is 0.495 e. The van der Waals surface area contributed by atoms with Gasteiger partial charge in [0.2, 0.25) is 0 Å². The number of carbonyl (C=O) groups is 2. The van der Waals surface area contributed by atoms with Gasteiger partial charge in [-0.15, -0.1) is 10.2 Å². The number of anilines is 3. The van der Waals surface area contributed by atoms with Crippen LogP contribution in [-0.4, -0.2) is 36.3 Å². The number of methoxy groups -OCH3 is 2. The summed E-state index contributed by atoms with van der Waals surface area (Å²) >= 11 is 0. The summed E-state index contributed by atoms with van der Waals surface area (Å²) in [5.74, 6) is 0.0891. The van der Waals surface area contributed by atoms with Crippen LogP contribution in [0.4, 0.5) is 17.2 Å². The maximum absolute atomic E-state index is 12.5. The highest BCUT2D eigenvalue weighted by molar-refractivity contribution is 6.07. The smallest absolute Gasteiger partial charge is 0.339 e. The van der Waals surface area contributed by atoms with Gasteiger partial charge >= 0.3 is 5.97 Å². The van der Waals surface area contributed by atoms with E-state index in [4.69, 9.17) is 9.47 Å². The number of benzene rings is 2. The summed E-state index contributed by atoms with van der Waals surface area (Å²) in [5, 5.41) is 13.8. The molecule has 0 saturated carbocycles. The molecule has 0 atom stereocenters. The molecule has 0 unspecified atom stereocenters. The van der Waals surface area contributed by atoms with Gasteiger partial charge in [-0.25, -0.2) is 4.79 Å². The second kappa shape index (κ2) is 8.83. The van der Waals surface area contributed by atoms with Crippen LogP contribution in [0, 0.1) is 6.92 Å².